The molecular formula is C11H20N2O4. The van der Waals surface area contributed by atoms with Crippen LogP contribution >= 0.6 is 0 Å². The van der Waals surface area contributed by atoms with Gasteiger partial charge in [-0.1, -0.05) is 6.92 Å². The minimum atomic E-state index is -0.807. The first-order valence-corrected chi connectivity index (χ1v) is 5.81. The summed E-state index contributed by atoms with van der Waals surface area (Å²) in [5.74, 6) is -0.920. The van der Waals surface area contributed by atoms with E-state index in [4.69, 9.17) is 9.84 Å². The summed E-state index contributed by atoms with van der Waals surface area (Å²) >= 11 is 0. The van der Waals surface area contributed by atoms with Crippen molar-refractivity contribution in [1.29, 1.82) is 0 Å². The van der Waals surface area contributed by atoms with Crippen molar-refractivity contribution in [3.05, 3.63) is 0 Å². The number of carbonyl (C=O) groups excluding carboxylic acids is 1. The molecule has 0 aromatic heterocycles. The largest absolute Gasteiger partial charge is 0.480 e. The molecule has 1 aliphatic rings. The Morgan fingerprint density at radius 1 is 1.47 bits per heavy atom. The number of hydrogen-bond acceptors (Lipinski definition) is 4. The Kier molecular flexibility index (Phi) is 5.37. The molecule has 0 spiro atoms. The molecule has 0 saturated heterocycles. The van der Waals surface area contributed by atoms with Crippen LogP contribution in [0.1, 0.15) is 19.8 Å². The molecule has 17 heavy (non-hydrogen) atoms. The Labute approximate surface area is 101 Å². The van der Waals surface area contributed by atoms with Crippen LogP contribution in [0.3, 0.4) is 0 Å². The predicted octanol–water partition coefficient (Wildman–Crippen LogP) is -0.313. The molecule has 6 heteroatoms. The molecule has 0 heterocycles. The normalized spacial score (nSPS) is 23.2. The van der Waals surface area contributed by atoms with Crippen LogP contribution in [0.5, 0.6) is 0 Å². The first-order chi connectivity index (χ1) is 8.06. The number of hydrogen-bond donors (Lipinski definition) is 2. The Hall–Kier alpha value is -1.14. The van der Waals surface area contributed by atoms with E-state index in [0.717, 1.165) is 19.4 Å². The Balaban J connectivity index is 2.25. The molecule has 0 aromatic rings. The van der Waals surface area contributed by atoms with Gasteiger partial charge in [0.15, 0.2) is 0 Å². The van der Waals surface area contributed by atoms with Crippen molar-refractivity contribution in [3.8, 4) is 0 Å². The van der Waals surface area contributed by atoms with Gasteiger partial charge in [0.2, 0.25) is 5.91 Å². The standard InChI is InChI=1S/C11H20N2O4/c1-3-13(6-11(15)16)9-4-8(5-9)12-10(14)7-17-2/h8-9H,3-7H2,1-2H3,(H,12,14)(H,15,16). The second kappa shape index (κ2) is 6.56. The van der Waals surface area contributed by atoms with Crippen molar-refractivity contribution in [1.82, 2.24) is 10.2 Å². The van der Waals surface area contributed by atoms with Gasteiger partial charge in [-0.25, -0.2) is 0 Å². The minimum absolute atomic E-state index is 0.0693. The van der Waals surface area contributed by atoms with Crippen molar-refractivity contribution >= 4 is 11.9 Å². The first kappa shape index (κ1) is 13.9. The molecule has 2 N–H and O–H groups in total. The average Bonchev–Trinajstić information content (AvgIpc) is 2.20. The molecular weight excluding hydrogens is 224 g/mol. The van der Waals surface area contributed by atoms with Crippen LogP contribution in [-0.4, -0.2) is 60.8 Å². The number of carbonyl (C=O) groups is 2. The fraction of sp³-hybridized carbons (Fsp3) is 0.818. The highest BCUT2D eigenvalue weighted by Crippen LogP contribution is 2.25. The van der Waals surface area contributed by atoms with Gasteiger partial charge in [-0.15, -0.1) is 0 Å². The summed E-state index contributed by atoms with van der Waals surface area (Å²) in [7, 11) is 1.48. The monoisotopic (exact) mass is 244 g/mol. The van der Waals surface area contributed by atoms with E-state index in [0.29, 0.717) is 0 Å². The van der Waals surface area contributed by atoms with Crippen LogP contribution < -0.4 is 5.32 Å². The van der Waals surface area contributed by atoms with E-state index in [1.165, 1.54) is 7.11 Å². The smallest absolute Gasteiger partial charge is 0.317 e. The molecule has 0 bridgehead atoms. The van der Waals surface area contributed by atoms with Crippen LogP contribution in [0, 0.1) is 0 Å². The number of amides is 1. The molecule has 98 valence electrons. The number of carboxylic acid groups (broad SMARTS) is 1. The summed E-state index contributed by atoms with van der Waals surface area (Å²) in [5.41, 5.74) is 0. The van der Waals surface area contributed by atoms with Crippen molar-refractivity contribution < 1.29 is 19.4 Å². The van der Waals surface area contributed by atoms with Crippen molar-refractivity contribution in [3.63, 3.8) is 0 Å². The number of ether oxygens (including phenoxy) is 1. The minimum Gasteiger partial charge on any atom is -0.480 e. The van der Waals surface area contributed by atoms with Crippen LogP contribution in [-0.2, 0) is 14.3 Å². The van der Waals surface area contributed by atoms with E-state index in [2.05, 4.69) is 5.32 Å². The van der Waals surface area contributed by atoms with Crippen molar-refractivity contribution in [2.45, 2.75) is 31.8 Å². The van der Waals surface area contributed by atoms with Crippen molar-refractivity contribution in [2.75, 3.05) is 26.8 Å². The molecule has 1 rings (SSSR count). The molecule has 1 aliphatic carbocycles. The Morgan fingerprint density at radius 3 is 2.59 bits per heavy atom. The van der Waals surface area contributed by atoms with Gasteiger partial charge in [-0.3, -0.25) is 14.5 Å². The van der Waals surface area contributed by atoms with Crippen LogP contribution in [0.4, 0.5) is 0 Å². The zero-order valence-electron chi connectivity index (χ0n) is 10.3. The average molecular weight is 244 g/mol. The van der Waals surface area contributed by atoms with Gasteiger partial charge in [0.05, 0.1) is 6.54 Å². The second-order valence-corrected chi connectivity index (χ2v) is 4.28. The molecule has 0 radical (unpaired) electrons. The number of nitrogens with one attached hydrogen (secondary N) is 1. The molecule has 0 aliphatic heterocycles. The van der Waals surface area contributed by atoms with E-state index in [-0.39, 0.29) is 31.1 Å². The molecule has 0 unspecified atom stereocenters. The van der Waals surface area contributed by atoms with Gasteiger partial charge >= 0.3 is 5.97 Å². The lowest BCUT2D eigenvalue weighted by molar-refractivity contribution is -0.140. The Bertz CT molecular complexity index is 277. The zero-order chi connectivity index (χ0) is 12.8. The van der Waals surface area contributed by atoms with E-state index < -0.39 is 5.97 Å². The van der Waals surface area contributed by atoms with Gasteiger partial charge in [-0.2, -0.15) is 0 Å². The number of likely N-dealkylation sites (N-methyl/N-ethyl adjacent to an activating group) is 1. The maximum absolute atomic E-state index is 11.2. The van der Waals surface area contributed by atoms with Gasteiger partial charge < -0.3 is 15.2 Å². The maximum atomic E-state index is 11.2. The third kappa shape index (κ3) is 4.32. The quantitative estimate of drug-likeness (QED) is 0.642. The molecule has 1 amide bonds. The Morgan fingerprint density at radius 2 is 2.12 bits per heavy atom. The highest BCUT2D eigenvalue weighted by atomic mass is 16.5. The summed E-state index contributed by atoms with van der Waals surface area (Å²) in [5, 5.41) is 11.6. The topological polar surface area (TPSA) is 78.9 Å². The SMILES string of the molecule is CCN(CC(=O)O)C1CC(NC(=O)COC)C1. The molecule has 1 fully saturated rings. The van der Waals surface area contributed by atoms with Crippen LogP contribution in [0.2, 0.25) is 0 Å². The summed E-state index contributed by atoms with van der Waals surface area (Å²) < 4.78 is 4.72. The van der Waals surface area contributed by atoms with Gasteiger partial charge in [-0.05, 0) is 19.4 Å². The zero-order valence-corrected chi connectivity index (χ0v) is 10.3. The van der Waals surface area contributed by atoms with E-state index >= 15 is 0 Å². The highest BCUT2D eigenvalue weighted by Gasteiger charge is 2.34. The van der Waals surface area contributed by atoms with Gasteiger partial charge in [0.1, 0.15) is 6.61 Å². The second-order valence-electron chi connectivity index (χ2n) is 4.28. The molecule has 0 atom stereocenters. The lowest BCUT2D eigenvalue weighted by Crippen LogP contribution is -2.55. The maximum Gasteiger partial charge on any atom is 0.317 e. The number of nitrogens with zero attached hydrogens (tertiary/aromatic N) is 1. The summed E-state index contributed by atoms with van der Waals surface area (Å²) in [4.78, 5) is 23.8. The van der Waals surface area contributed by atoms with Crippen molar-refractivity contribution in [2.24, 2.45) is 0 Å². The molecule has 0 aromatic carbocycles. The summed E-state index contributed by atoms with van der Waals surface area (Å²) in [6, 6.07) is 0.425. The van der Waals surface area contributed by atoms with Crippen LogP contribution in [0.25, 0.3) is 0 Å². The van der Waals surface area contributed by atoms with Gasteiger partial charge in [0, 0.05) is 19.2 Å². The summed E-state index contributed by atoms with van der Waals surface area (Å²) in [6.45, 7) is 2.81. The number of rotatable bonds is 7. The van der Waals surface area contributed by atoms with E-state index in [9.17, 15) is 9.59 Å². The molecule has 1 saturated carbocycles. The van der Waals surface area contributed by atoms with Gasteiger partial charge in [0.25, 0.3) is 0 Å². The fourth-order valence-corrected chi connectivity index (χ4v) is 2.08. The lowest BCUT2D eigenvalue weighted by atomic mass is 9.85. The van der Waals surface area contributed by atoms with E-state index in [1.54, 1.807) is 0 Å². The third-order valence-electron chi connectivity index (χ3n) is 3.01. The highest BCUT2D eigenvalue weighted by molar-refractivity contribution is 5.77. The number of carboxylic acids is 1. The number of methoxy groups -OCH3 is 1. The number of aliphatic carboxylic acids is 1. The summed E-state index contributed by atoms with van der Waals surface area (Å²) in [6.07, 6.45) is 1.63. The fourth-order valence-electron chi connectivity index (χ4n) is 2.08. The predicted molar refractivity (Wildman–Crippen MR) is 61.7 cm³/mol. The van der Waals surface area contributed by atoms with E-state index in [1.807, 2.05) is 11.8 Å². The van der Waals surface area contributed by atoms with Crippen LogP contribution in [0.15, 0.2) is 0 Å². The molecule has 6 nitrogen and oxygen atoms in total. The third-order valence-corrected chi connectivity index (χ3v) is 3.01. The lowest BCUT2D eigenvalue weighted by Gasteiger charge is -2.42. The first-order valence-electron chi connectivity index (χ1n) is 5.81.